The Bertz CT molecular complexity index is 1120. The second-order valence-corrected chi connectivity index (χ2v) is 11.2. The summed E-state index contributed by atoms with van der Waals surface area (Å²) in [5.41, 5.74) is 1.21. The van der Waals surface area contributed by atoms with Crippen molar-refractivity contribution in [2.45, 2.75) is 51.2 Å². The molecule has 212 valence electrons. The lowest BCUT2D eigenvalue weighted by Gasteiger charge is -2.35. The van der Waals surface area contributed by atoms with Crippen molar-refractivity contribution in [3.63, 3.8) is 0 Å². The Morgan fingerprint density at radius 1 is 1.18 bits per heavy atom. The number of hydrogen-bond acceptors (Lipinski definition) is 7. The lowest BCUT2D eigenvalue weighted by atomic mass is 10.1. The molecular weight excluding hydrogens is 508 g/mol. The third-order valence-electron chi connectivity index (χ3n) is 6.94. The normalized spacial score (nSPS) is 20.9. The van der Waals surface area contributed by atoms with Gasteiger partial charge in [0.05, 0.1) is 25.8 Å². The van der Waals surface area contributed by atoms with E-state index in [4.69, 9.17) is 9.47 Å². The smallest absolute Gasteiger partial charge is 0.410 e. The molecule has 9 nitrogen and oxygen atoms in total. The van der Waals surface area contributed by atoms with Crippen molar-refractivity contribution in [3.8, 4) is 11.8 Å². The number of halogens is 2. The predicted octanol–water partition coefficient (Wildman–Crippen LogP) is 3.60. The highest BCUT2D eigenvalue weighted by Crippen LogP contribution is 2.33. The number of hydrogen-bond donors (Lipinski definition) is 0. The molecule has 0 aliphatic carbocycles. The predicted molar refractivity (Wildman–Crippen MR) is 143 cm³/mol. The largest absolute Gasteiger partial charge is 0.494 e. The topological polar surface area (TPSA) is 89.3 Å². The molecule has 2 fully saturated rings. The fraction of sp³-hybridized carbons (Fsp3) is 0.607. The van der Waals surface area contributed by atoms with E-state index in [1.54, 1.807) is 4.90 Å². The number of anilines is 1. The molecule has 1 aromatic rings. The van der Waals surface area contributed by atoms with Crippen molar-refractivity contribution in [2.75, 3.05) is 63.9 Å². The van der Waals surface area contributed by atoms with Crippen LogP contribution >= 0.6 is 0 Å². The summed E-state index contributed by atoms with van der Waals surface area (Å²) in [6, 6.07) is 6.35. The summed E-state index contributed by atoms with van der Waals surface area (Å²) in [6.45, 7) is 9.55. The van der Waals surface area contributed by atoms with Gasteiger partial charge in [-0.25, -0.2) is 13.6 Å². The van der Waals surface area contributed by atoms with Crippen LogP contribution in [0.1, 0.15) is 39.2 Å². The van der Waals surface area contributed by atoms with Gasteiger partial charge < -0.3 is 24.2 Å². The van der Waals surface area contributed by atoms with E-state index in [1.165, 1.54) is 0 Å². The lowest BCUT2D eigenvalue weighted by Crippen LogP contribution is -2.50. The zero-order valence-corrected chi connectivity index (χ0v) is 22.9. The number of fused-ring (bicyclic) bond motifs is 1. The standard InChI is InChI=1S/C28H37F2N5O4/c1-27(2,3)39-26(37)33-13-11-32(12-14-33)9-5-15-38-23-7-8-24-21(16-23)6-4-10-34(24)19-25(36)35-20-28(29,30)17-22(35)18-31/h4,6-8,16,22H,5,9-15,17,19-20H2,1-3H3/t22-/m0/s1. The Balaban J connectivity index is 1.22. The Morgan fingerprint density at radius 3 is 2.62 bits per heavy atom. The first kappa shape index (κ1) is 28.6. The number of carbonyl (C=O) groups is 2. The van der Waals surface area contributed by atoms with E-state index in [9.17, 15) is 23.6 Å². The van der Waals surface area contributed by atoms with Gasteiger partial charge in [0.25, 0.3) is 5.92 Å². The van der Waals surface area contributed by atoms with Gasteiger partial charge >= 0.3 is 6.09 Å². The van der Waals surface area contributed by atoms with Gasteiger partial charge in [-0.3, -0.25) is 9.69 Å². The summed E-state index contributed by atoms with van der Waals surface area (Å²) >= 11 is 0. The molecule has 4 rings (SSSR count). The van der Waals surface area contributed by atoms with Crippen molar-refractivity contribution in [1.29, 1.82) is 5.26 Å². The third-order valence-corrected chi connectivity index (χ3v) is 6.94. The molecule has 0 N–H and O–H groups in total. The number of rotatable bonds is 7. The van der Waals surface area contributed by atoms with Crippen molar-refractivity contribution in [3.05, 3.63) is 29.8 Å². The van der Waals surface area contributed by atoms with Crippen LogP contribution in [0.2, 0.25) is 0 Å². The summed E-state index contributed by atoms with van der Waals surface area (Å²) in [6.07, 6.45) is 3.82. The van der Waals surface area contributed by atoms with Crippen LogP contribution in [0.25, 0.3) is 6.08 Å². The van der Waals surface area contributed by atoms with Gasteiger partial charge in [-0.2, -0.15) is 5.26 Å². The average molecular weight is 546 g/mol. The molecule has 11 heteroatoms. The molecule has 0 bridgehead atoms. The average Bonchev–Trinajstić information content (AvgIpc) is 3.20. The van der Waals surface area contributed by atoms with Gasteiger partial charge in [0.2, 0.25) is 5.91 Å². The van der Waals surface area contributed by atoms with Crippen LogP contribution in [0, 0.1) is 11.3 Å². The monoisotopic (exact) mass is 545 g/mol. The number of likely N-dealkylation sites (tertiary alicyclic amines) is 1. The van der Waals surface area contributed by atoms with Crippen LogP contribution in [0.3, 0.4) is 0 Å². The highest BCUT2D eigenvalue weighted by atomic mass is 19.3. The molecule has 0 spiro atoms. The minimum Gasteiger partial charge on any atom is -0.494 e. The van der Waals surface area contributed by atoms with Crippen LogP contribution in [0.5, 0.6) is 5.75 Å². The number of benzene rings is 1. The van der Waals surface area contributed by atoms with Gasteiger partial charge in [-0.05, 0) is 45.4 Å². The summed E-state index contributed by atoms with van der Waals surface area (Å²) < 4.78 is 39.0. The van der Waals surface area contributed by atoms with E-state index in [0.717, 1.165) is 42.2 Å². The number of nitriles is 1. The molecule has 39 heavy (non-hydrogen) atoms. The van der Waals surface area contributed by atoms with Crippen molar-refractivity contribution in [2.24, 2.45) is 0 Å². The molecule has 3 heterocycles. The maximum absolute atomic E-state index is 13.8. The van der Waals surface area contributed by atoms with Gasteiger partial charge in [0.15, 0.2) is 0 Å². The fourth-order valence-electron chi connectivity index (χ4n) is 5.01. The zero-order chi connectivity index (χ0) is 28.2. The summed E-state index contributed by atoms with van der Waals surface area (Å²) in [5, 5.41) is 9.20. The Kier molecular flexibility index (Phi) is 8.64. The van der Waals surface area contributed by atoms with E-state index in [0.29, 0.717) is 32.0 Å². The van der Waals surface area contributed by atoms with Crippen molar-refractivity contribution < 1.29 is 27.8 Å². The van der Waals surface area contributed by atoms with Gasteiger partial charge in [-0.15, -0.1) is 0 Å². The number of ether oxygens (including phenoxy) is 2. The molecule has 0 radical (unpaired) electrons. The van der Waals surface area contributed by atoms with Gasteiger partial charge in [0.1, 0.15) is 17.4 Å². The molecule has 0 unspecified atom stereocenters. The van der Waals surface area contributed by atoms with E-state index < -0.39 is 36.4 Å². The van der Waals surface area contributed by atoms with E-state index in [1.807, 2.05) is 62.1 Å². The number of carbonyl (C=O) groups excluding carboxylic acids is 2. The van der Waals surface area contributed by atoms with Crippen LogP contribution < -0.4 is 9.64 Å². The van der Waals surface area contributed by atoms with Crippen LogP contribution in [0.4, 0.5) is 19.3 Å². The van der Waals surface area contributed by atoms with E-state index in [-0.39, 0.29) is 12.6 Å². The molecule has 2 amide bonds. The number of alkyl halides is 2. The Hall–Kier alpha value is -3.39. The number of amides is 2. The molecule has 3 aliphatic rings. The number of piperazine rings is 1. The highest BCUT2D eigenvalue weighted by molar-refractivity contribution is 5.85. The summed E-state index contributed by atoms with van der Waals surface area (Å²) in [7, 11) is 0. The summed E-state index contributed by atoms with van der Waals surface area (Å²) in [4.78, 5) is 31.9. The summed E-state index contributed by atoms with van der Waals surface area (Å²) in [5.74, 6) is -2.80. The van der Waals surface area contributed by atoms with Gasteiger partial charge in [-0.1, -0.05) is 12.2 Å². The maximum atomic E-state index is 13.8. The fourth-order valence-corrected chi connectivity index (χ4v) is 5.01. The van der Waals surface area contributed by atoms with Crippen LogP contribution in [-0.2, 0) is 9.53 Å². The second-order valence-electron chi connectivity index (χ2n) is 11.2. The molecular formula is C28H37F2N5O4. The van der Waals surface area contributed by atoms with E-state index in [2.05, 4.69) is 4.90 Å². The molecule has 1 atom stereocenters. The first-order valence-electron chi connectivity index (χ1n) is 13.4. The van der Waals surface area contributed by atoms with E-state index >= 15 is 0 Å². The SMILES string of the molecule is CC(C)(C)OC(=O)N1CCN(CCCOc2ccc3c(c2)C=CCN3CC(=O)N2CC(F)(F)C[C@H]2C#N)CC1. The third kappa shape index (κ3) is 7.60. The van der Waals surface area contributed by atoms with Crippen molar-refractivity contribution >= 4 is 23.8 Å². The second kappa shape index (κ2) is 11.8. The number of nitrogens with zero attached hydrogens (tertiary/aromatic N) is 5. The molecule has 3 aliphatic heterocycles. The quantitative estimate of drug-likeness (QED) is 0.484. The lowest BCUT2D eigenvalue weighted by molar-refractivity contribution is -0.131. The Labute approximate surface area is 228 Å². The van der Waals surface area contributed by atoms with Crippen molar-refractivity contribution in [1.82, 2.24) is 14.7 Å². The zero-order valence-electron chi connectivity index (χ0n) is 22.9. The highest BCUT2D eigenvalue weighted by Gasteiger charge is 2.47. The molecule has 2 saturated heterocycles. The molecule has 1 aromatic carbocycles. The maximum Gasteiger partial charge on any atom is 0.410 e. The first-order valence-corrected chi connectivity index (χ1v) is 13.4. The van der Waals surface area contributed by atoms with Crippen LogP contribution in [-0.4, -0.2) is 103 Å². The Morgan fingerprint density at radius 2 is 1.92 bits per heavy atom. The minimum atomic E-state index is -3.03. The molecule has 0 aromatic heterocycles. The minimum absolute atomic E-state index is 0.0764. The van der Waals surface area contributed by atoms with Gasteiger partial charge in [0, 0.05) is 56.9 Å². The van der Waals surface area contributed by atoms with Crippen LogP contribution in [0.15, 0.2) is 24.3 Å². The first-order chi connectivity index (χ1) is 18.4. The molecule has 0 saturated carbocycles.